The number of hydrogen-bond acceptors (Lipinski definition) is 1. The van der Waals surface area contributed by atoms with Crippen LogP contribution in [0.25, 0.3) is 0 Å². The minimum atomic E-state index is 1.10. The molecule has 1 N–H and O–H groups in total. The molecular formula is C9H9N. The molecule has 0 spiro atoms. The van der Waals surface area contributed by atoms with Gasteiger partial charge in [-0.25, -0.2) is 0 Å². The van der Waals surface area contributed by atoms with Gasteiger partial charge in [-0.05, 0) is 24.5 Å². The molecule has 1 nitrogen and oxygen atoms in total. The monoisotopic (exact) mass is 131 g/mol. The molecule has 0 saturated heterocycles. The molecule has 0 bridgehead atoms. The second-order valence-electron chi connectivity index (χ2n) is 2.55. The summed E-state index contributed by atoms with van der Waals surface area (Å²) in [6.07, 6.45) is 2.43. The molecule has 0 aromatic heterocycles. The normalized spacial score (nSPS) is 14.8. The molecule has 0 fully saturated rings. The van der Waals surface area contributed by atoms with Crippen LogP contribution in [-0.2, 0) is 6.42 Å². The maximum Gasteiger partial charge on any atom is 0.0464 e. The summed E-state index contributed by atoms with van der Waals surface area (Å²) in [5.41, 5.74) is 2.62. The molecular weight excluding hydrogens is 122 g/mol. The Kier molecular flexibility index (Phi) is 1.25. The SMILES string of the molecule is c1cc2c(cc#1)NCCC2. The van der Waals surface area contributed by atoms with Crippen molar-refractivity contribution in [2.24, 2.45) is 0 Å². The standard InChI is InChI=1S/C9H9N/c1-2-6-9-8(4-1)5-3-7-10-9/h4,6,10H,3,5,7H2. The van der Waals surface area contributed by atoms with Gasteiger partial charge in [0.2, 0.25) is 0 Å². The van der Waals surface area contributed by atoms with E-state index in [2.05, 4.69) is 17.4 Å². The molecule has 0 saturated carbocycles. The van der Waals surface area contributed by atoms with Gasteiger partial charge in [-0.2, -0.15) is 0 Å². The third-order valence-electron chi connectivity index (χ3n) is 1.83. The average Bonchev–Trinajstić information content (AvgIpc) is 2.05. The van der Waals surface area contributed by atoms with Gasteiger partial charge in [0.05, 0.1) is 0 Å². The molecule has 0 radical (unpaired) electrons. The number of fused-ring (bicyclic) bond motifs is 1. The lowest BCUT2D eigenvalue weighted by Gasteiger charge is -2.15. The highest BCUT2D eigenvalue weighted by Crippen LogP contribution is 2.18. The largest absolute Gasteiger partial charge is 0.384 e. The van der Waals surface area contributed by atoms with Crippen molar-refractivity contribution >= 4 is 5.69 Å². The van der Waals surface area contributed by atoms with E-state index in [-0.39, 0.29) is 0 Å². The van der Waals surface area contributed by atoms with E-state index in [4.69, 9.17) is 0 Å². The number of rotatable bonds is 0. The van der Waals surface area contributed by atoms with E-state index in [0.717, 1.165) is 6.54 Å². The average molecular weight is 131 g/mol. The zero-order chi connectivity index (χ0) is 6.81. The Morgan fingerprint density at radius 1 is 1.30 bits per heavy atom. The highest BCUT2D eigenvalue weighted by molar-refractivity contribution is 5.51. The van der Waals surface area contributed by atoms with Crippen LogP contribution in [0.2, 0.25) is 0 Å². The van der Waals surface area contributed by atoms with Gasteiger partial charge in [0.25, 0.3) is 0 Å². The first kappa shape index (κ1) is 5.61. The molecule has 1 aliphatic rings. The van der Waals surface area contributed by atoms with Crippen LogP contribution in [0.3, 0.4) is 0 Å². The van der Waals surface area contributed by atoms with Gasteiger partial charge in [0, 0.05) is 18.3 Å². The van der Waals surface area contributed by atoms with E-state index < -0.39 is 0 Å². The zero-order valence-electron chi connectivity index (χ0n) is 5.78. The van der Waals surface area contributed by atoms with E-state index in [0.29, 0.717) is 0 Å². The maximum absolute atomic E-state index is 3.31. The molecule has 0 amide bonds. The first-order valence-corrected chi connectivity index (χ1v) is 3.61. The fourth-order valence-electron chi connectivity index (χ4n) is 1.29. The minimum Gasteiger partial charge on any atom is -0.384 e. The molecule has 1 heterocycles. The minimum absolute atomic E-state index is 1.10. The molecule has 50 valence electrons. The summed E-state index contributed by atoms with van der Waals surface area (Å²) in [5, 5.41) is 3.31. The first-order valence-electron chi connectivity index (χ1n) is 3.61. The van der Waals surface area contributed by atoms with Crippen molar-refractivity contribution in [3.8, 4) is 0 Å². The van der Waals surface area contributed by atoms with Crippen molar-refractivity contribution in [1.82, 2.24) is 0 Å². The molecule has 1 aliphatic heterocycles. The van der Waals surface area contributed by atoms with Crippen molar-refractivity contribution in [3.05, 3.63) is 29.8 Å². The van der Waals surface area contributed by atoms with E-state index >= 15 is 0 Å². The Morgan fingerprint density at radius 2 is 2.20 bits per heavy atom. The van der Waals surface area contributed by atoms with Crippen LogP contribution in [0.5, 0.6) is 0 Å². The second-order valence-corrected chi connectivity index (χ2v) is 2.55. The summed E-state index contributed by atoms with van der Waals surface area (Å²) in [5.74, 6) is 0. The fraction of sp³-hybridized carbons (Fsp3) is 0.333. The van der Waals surface area contributed by atoms with Crippen LogP contribution in [-0.4, -0.2) is 6.54 Å². The van der Waals surface area contributed by atoms with Gasteiger partial charge < -0.3 is 5.32 Å². The molecule has 1 heteroatoms. The summed E-state index contributed by atoms with van der Waals surface area (Å²) in [7, 11) is 0. The number of anilines is 1. The van der Waals surface area contributed by atoms with Crippen LogP contribution < -0.4 is 5.32 Å². The van der Waals surface area contributed by atoms with E-state index in [1.165, 1.54) is 24.1 Å². The Hall–Kier alpha value is -1.16. The van der Waals surface area contributed by atoms with Gasteiger partial charge in [0.15, 0.2) is 0 Å². The summed E-state index contributed by atoms with van der Waals surface area (Å²) in [6.45, 7) is 1.10. The highest BCUT2D eigenvalue weighted by atomic mass is 14.9. The Balaban J connectivity index is 2.41. The number of aryl methyl sites for hydroxylation is 1. The number of nitrogens with one attached hydrogen (secondary N) is 1. The van der Waals surface area contributed by atoms with E-state index in [1.807, 2.05) is 12.1 Å². The topological polar surface area (TPSA) is 12.0 Å². The lowest BCUT2D eigenvalue weighted by molar-refractivity contribution is 0.831. The molecule has 1 aromatic rings. The highest BCUT2D eigenvalue weighted by Gasteiger charge is 2.04. The van der Waals surface area contributed by atoms with Gasteiger partial charge >= 0.3 is 0 Å². The van der Waals surface area contributed by atoms with Gasteiger partial charge in [-0.1, -0.05) is 12.1 Å². The van der Waals surface area contributed by atoms with Crippen molar-refractivity contribution in [1.29, 1.82) is 0 Å². The second kappa shape index (κ2) is 2.22. The van der Waals surface area contributed by atoms with Gasteiger partial charge in [-0.15, -0.1) is 0 Å². The Bertz CT molecular complexity index is 205. The first-order chi connectivity index (χ1) is 4.97. The smallest absolute Gasteiger partial charge is 0.0464 e. The molecule has 2 rings (SSSR count). The Labute approximate surface area is 61.1 Å². The number of hydrogen-bond donors (Lipinski definition) is 1. The van der Waals surface area contributed by atoms with Crippen molar-refractivity contribution < 1.29 is 0 Å². The predicted molar refractivity (Wildman–Crippen MR) is 40.9 cm³/mol. The Morgan fingerprint density at radius 3 is 3.10 bits per heavy atom. The van der Waals surface area contributed by atoms with Crippen molar-refractivity contribution in [3.63, 3.8) is 0 Å². The zero-order valence-corrected chi connectivity index (χ0v) is 5.78. The summed E-state index contributed by atoms with van der Waals surface area (Å²) in [4.78, 5) is 0. The summed E-state index contributed by atoms with van der Waals surface area (Å²) < 4.78 is 0. The van der Waals surface area contributed by atoms with Crippen LogP contribution >= 0.6 is 0 Å². The van der Waals surface area contributed by atoms with Crippen LogP contribution in [0.4, 0.5) is 5.69 Å². The lowest BCUT2D eigenvalue weighted by atomic mass is 10.1. The molecule has 0 atom stereocenters. The van der Waals surface area contributed by atoms with E-state index in [9.17, 15) is 0 Å². The molecule has 0 unspecified atom stereocenters. The van der Waals surface area contributed by atoms with Crippen LogP contribution in [0.1, 0.15) is 12.0 Å². The van der Waals surface area contributed by atoms with E-state index in [1.54, 1.807) is 0 Å². The lowest BCUT2D eigenvalue weighted by Crippen LogP contribution is -2.10. The maximum atomic E-state index is 3.31. The van der Waals surface area contributed by atoms with Crippen LogP contribution in [0.15, 0.2) is 12.1 Å². The van der Waals surface area contributed by atoms with Gasteiger partial charge in [-0.3, -0.25) is 0 Å². The third-order valence-corrected chi connectivity index (χ3v) is 1.83. The van der Waals surface area contributed by atoms with Crippen molar-refractivity contribution in [2.45, 2.75) is 12.8 Å². The van der Waals surface area contributed by atoms with Crippen molar-refractivity contribution in [2.75, 3.05) is 11.9 Å². The van der Waals surface area contributed by atoms with Crippen LogP contribution in [0, 0.1) is 12.1 Å². The molecule has 0 aliphatic carbocycles. The van der Waals surface area contributed by atoms with Gasteiger partial charge in [0.1, 0.15) is 0 Å². The molecule has 10 heavy (non-hydrogen) atoms. The predicted octanol–water partition coefficient (Wildman–Crippen LogP) is 1.65. The third kappa shape index (κ3) is 0.823. The summed E-state index contributed by atoms with van der Waals surface area (Å²) in [6, 6.07) is 9.87. The quantitative estimate of drug-likeness (QED) is 0.564. The summed E-state index contributed by atoms with van der Waals surface area (Å²) >= 11 is 0. The fourth-order valence-corrected chi connectivity index (χ4v) is 1.29. The molecule has 1 aromatic carbocycles.